The summed E-state index contributed by atoms with van der Waals surface area (Å²) in [5.41, 5.74) is 1.67. The van der Waals surface area contributed by atoms with Crippen LogP contribution in [0.2, 0.25) is 0 Å². The van der Waals surface area contributed by atoms with Gasteiger partial charge in [0.2, 0.25) is 0 Å². The van der Waals surface area contributed by atoms with Crippen LogP contribution in [0.4, 0.5) is 0 Å². The Balaban J connectivity index is 2.99. The SMILES string of the molecule is CCc1ccc(CO)c(O)c1. The molecule has 1 aromatic rings. The summed E-state index contributed by atoms with van der Waals surface area (Å²) >= 11 is 0. The van der Waals surface area contributed by atoms with Crippen LogP contribution < -0.4 is 0 Å². The molecule has 11 heavy (non-hydrogen) atoms. The summed E-state index contributed by atoms with van der Waals surface area (Å²) < 4.78 is 0. The van der Waals surface area contributed by atoms with Gasteiger partial charge in [-0.05, 0) is 18.1 Å². The molecule has 0 heterocycles. The average molecular weight is 152 g/mol. The highest BCUT2D eigenvalue weighted by Gasteiger charge is 1.98. The molecule has 0 amide bonds. The maximum absolute atomic E-state index is 9.26. The number of hydrogen-bond donors (Lipinski definition) is 2. The lowest BCUT2D eigenvalue weighted by molar-refractivity contribution is 0.275. The van der Waals surface area contributed by atoms with Crippen molar-refractivity contribution in [2.24, 2.45) is 0 Å². The summed E-state index contributed by atoms with van der Waals surface area (Å²) in [6.07, 6.45) is 0.902. The van der Waals surface area contributed by atoms with Gasteiger partial charge in [-0.15, -0.1) is 0 Å². The summed E-state index contributed by atoms with van der Waals surface area (Å²) in [6.45, 7) is 1.92. The highest BCUT2D eigenvalue weighted by molar-refractivity contribution is 5.35. The Morgan fingerprint density at radius 2 is 2.09 bits per heavy atom. The maximum Gasteiger partial charge on any atom is 0.121 e. The van der Waals surface area contributed by atoms with Crippen molar-refractivity contribution in [2.45, 2.75) is 20.0 Å². The summed E-state index contributed by atoms with van der Waals surface area (Å²) in [6, 6.07) is 5.34. The van der Waals surface area contributed by atoms with Gasteiger partial charge in [0.1, 0.15) is 5.75 Å². The molecule has 2 nitrogen and oxygen atoms in total. The number of phenols is 1. The van der Waals surface area contributed by atoms with E-state index in [0.29, 0.717) is 5.56 Å². The molecular weight excluding hydrogens is 140 g/mol. The molecule has 0 fully saturated rings. The molecule has 2 heteroatoms. The van der Waals surface area contributed by atoms with Crippen molar-refractivity contribution in [3.63, 3.8) is 0 Å². The lowest BCUT2D eigenvalue weighted by Gasteiger charge is -2.02. The molecule has 0 aromatic heterocycles. The first kappa shape index (κ1) is 8.08. The van der Waals surface area contributed by atoms with Gasteiger partial charge in [-0.25, -0.2) is 0 Å². The van der Waals surface area contributed by atoms with E-state index in [1.807, 2.05) is 13.0 Å². The summed E-state index contributed by atoms with van der Waals surface area (Å²) in [7, 11) is 0. The zero-order chi connectivity index (χ0) is 8.27. The number of aliphatic hydroxyl groups is 1. The van der Waals surface area contributed by atoms with Crippen molar-refractivity contribution in [1.29, 1.82) is 0 Å². The minimum atomic E-state index is -0.101. The van der Waals surface area contributed by atoms with Crippen LogP contribution in [0.3, 0.4) is 0 Å². The number of aromatic hydroxyl groups is 1. The predicted molar refractivity (Wildman–Crippen MR) is 43.4 cm³/mol. The molecule has 0 bridgehead atoms. The van der Waals surface area contributed by atoms with Crippen molar-refractivity contribution >= 4 is 0 Å². The molecule has 1 rings (SSSR count). The van der Waals surface area contributed by atoms with Crippen molar-refractivity contribution < 1.29 is 10.2 Å². The number of benzene rings is 1. The van der Waals surface area contributed by atoms with Crippen LogP contribution in [-0.2, 0) is 13.0 Å². The van der Waals surface area contributed by atoms with E-state index in [0.717, 1.165) is 12.0 Å². The Labute approximate surface area is 66.1 Å². The standard InChI is InChI=1S/C9H12O2/c1-2-7-3-4-8(6-10)9(11)5-7/h3-5,10-11H,2,6H2,1H3. The number of hydrogen-bond acceptors (Lipinski definition) is 2. The van der Waals surface area contributed by atoms with E-state index in [9.17, 15) is 5.11 Å². The normalized spacial score (nSPS) is 10.0. The quantitative estimate of drug-likeness (QED) is 0.673. The van der Waals surface area contributed by atoms with E-state index in [1.54, 1.807) is 12.1 Å². The van der Waals surface area contributed by atoms with E-state index in [2.05, 4.69) is 0 Å². The minimum absolute atomic E-state index is 0.101. The van der Waals surface area contributed by atoms with Gasteiger partial charge in [0.15, 0.2) is 0 Å². The molecule has 0 unspecified atom stereocenters. The second kappa shape index (κ2) is 3.39. The Morgan fingerprint density at radius 1 is 1.36 bits per heavy atom. The van der Waals surface area contributed by atoms with E-state index < -0.39 is 0 Å². The predicted octanol–water partition coefficient (Wildman–Crippen LogP) is 1.45. The van der Waals surface area contributed by atoms with E-state index in [1.165, 1.54) is 0 Å². The van der Waals surface area contributed by atoms with Gasteiger partial charge in [-0.1, -0.05) is 19.1 Å². The van der Waals surface area contributed by atoms with Crippen molar-refractivity contribution in [2.75, 3.05) is 0 Å². The molecule has 0 aliphatic carbocycles. The van der Waals surface area contributed by atoms with Crippen LogP contribution in [0.25, 0.3) is 0 Å². The average Bonchev–Trinajstić information content (AvgIpc) is 2.04. The Bertz CT molecular complexity index is 243. The summed E-state index contributed by atoms with van der Waals surface area (Å²) in [5.74, 6) is 0.187. The molecule has 0 saturated heterocycles. The zero-order valence-electron chi connectivity index (χ0n) is 6.54. The Morgan fingerprint density at radius 3 is 2.55 bits per heavy atom. The second-order valence-corrected chi connectivity index (χ2v) is 2.47. The van der Waals surface area contributed by atoms with Crippen LogP contribution in [-0.4, -0.2) is 10.2 Å². The molecule has 0 atom stereocenters. The van der Waals surface area contributed by atoms with Gasteiger partial charge in [0.25, 0.3) is 0 Å². The molecule has 0 aliphatic rings. The Hall–Kier alpha value is -1.02. The smallest absolute Gasteiger partial charge is 0.121 e. The van der Waals surface area contributed by atoms with E-state index in [-0.39, 0.29) is 12.4 Å². The van der Waals surface area contributed by atoms with Gasteiger partial charge in [0, 0.05) is 5.56 Å². The molecular formula is C9H12O2. The van der Waals surface area contributed by atoms with Crippen LogP contribution >= 0.6 is 0 Å². The first-order chi connectivity index (χ1) is 5.27. The van der Waals surface area contributed by atoms with Gasteiger partial charge in [0.05, 0.1) is 6.61 Å². The molecule has 0 spiro atoms. The minimum Gasteiger partial charge on any atom is -0.508 e. The summed E-state index contributed by atoms with van der Waals surface area (Å²) in [5, 5.41) is 18.0. The highest BCUT2D eigenvalue weighted by Crippen LogP contribution is 2.18. The third-order valence-electron chi connectivity index (χ3n) is 1.73. The van der Waals surface area contributed by atoms with Gasteiger partial charge in [-0.3, -0.25) is 0 Å². The van der Waals surface area contributed by atoms with Crippen LogP contribution in [0.1, 0.15) is 18.1 Å². The van der Waals surface area contributed by atoms with Crippen molar-refractivity contribution in [1.82, 2.24) is 0 Å². The first-order valence-electron chi connectivity index (χ1n) is 3.69. The monoisotopic (exact) mass is 152 g/mol. The lowest BCUT2D eigenvalue weighted by Crippen LogP contribution is -1.86. The number of aryl methyl sites for hydroxylation is 1. The molecule has 2 N–H and O–H groups in total. The highest BCUT2D eigenvalue weighted by atomic mass is 16.3. The fourth-order valence-electron chi connectivity index (χ4n) is 0.963. The number of aliphatic hydroxyl groups excluding tert-OH is 1. The molecule has 0 aliphatic heterocycles. The van der Waals surface area contributed by atoms with Gasteiger partial charge >= 0.3 is 0 Å². The third kappa shape index (κ3) is 1.71. The second-order valence-electron chi connectivity index (χ2n) is 2.47. The van der Waals surface area contributed by atoms with E-state index in [4.69, 9.17) is 5.11 Å². The van der Waals surface area contributed by atoms with Gasteiger partial charge in [-0.2, -0.15) is 0 Å². The number of rotatable bonds is 2. The largest absolute Gasteiger partial charge is 0.508 e. The zero-order valence-corrected chi connectivity index (χ0v) is 6.54. The Kier molecular flexibility index (Phi) is 2.49. The first-order valence-corrected chi connectivity index (χ1v) is 3.69. The molecule has 0 saturated carbocycles. The van der Waals surface area contributed by atoms with Gasteiger partial charge < -0.3 is 10.2 Å². The van der Waals surface area contributed by atoms with Crippen LogP contribution in [0.5, 0.6) is 5.75 Å². The van der Waals surface area contributed by atoms with Crippen LogP contribution in [0.15, 0.2) is 18.2 Å². The fourth-order valence-corrected chi connectivity index (χ4v) is 0.963. The fraction of sp³-hybridized carbons (Fsp3) is 0.333. The maximum atomic E-state index is 9.26. The van der Waals surface area contributed by atoms with E-state index >= 15 is 0 Å². The third-order valence-corrected chi connectivity index (χ3v) is 1.73. The van der Waals surface area contributed by atoms with Crippen molar-refractivity contribution in [3.8, 4) is 5.75 Å². The molecule has 0 radical (unpaired) electrons. The molecule has 1 aromatic carbocycles. The summed E-state index contributed by atoms with van der Waals surface area (Å²) in [4.78, 5) is 0. The molecule has 60 valence electrons. The lowest BCUT2D eigenvalue weighted by atomic mass is 10.1. The van der Waals surface area contributed by atoms with Crippen LogP contribution in [0, 0.1) is 0 Å². The van der Waals surface area contributed by atoms with Crippen molar-refractivity contribution in [3.05, 3.63) is 29.3 Å². The topological polar surface area (TPSA) is 40.5 Å².